The molecule has 5 rings (SSSR count). The second-order valence-corrected chi connectivity index (χ2v) is 8.22. The van der Waals surface area contributed by atoms with E-state index in [2.05, 4.69) is 22.1 Å². The Morgan fingerprint density at radius 1 is 0.914 bits per heavy atom. The monoisotopic (exact) mass is 455 g/mol. The Kier molecular flexibility index (Phi) is 6.05. The first kappa shape index (κ1) is 22.0. The number of fused-ring (bicyclic) bond motifs is 1. The number of nitriles is 2. The summed E-state index contributed by atoms with van der Waals surface area (Å²) in [6, 6.07) is 27.4. The molecule has 168 valence electrons. The molecule has 0 N–H and O–H groups in total. The van der Waals surface area contributed by atoms with Gasteiger partial charge in [-0.2, -0.15) is 10.5 Å². The lowest BCUT2D eigenvalue weighted by molar-refractivity contribution is 0.0624. The minimum atomic E-state index is -0.385. The number of para-hydroxylation sites is 1. The van der Waals surface area contributed by atoms with Crippen LogP contribution >= 0.6 is 0 Å². The summed E-state index contributed by atoms with van der Waals surface area (Å²) in [6.07, 6.45) is 4.92. The molecule has 3 aromatic carbocycles. The van der Waals surface area contributed by atoms with Gasteiger partial charge in [0.2, 0.25) is 0 Å². The van der Waals surface area contributed by atoms with Crippen LogP contribution in [-0.2, 0) is 18.4 Å². The van der Waals surface area contributed by atoms with Crippen LogP contribution in [0.25, 0.3) is 22.0 Å². The normalized spacial score (nSPS) is 11.6. The van der Waals surface area contributed by atoms with Gasteiger partial charge in [-0.25, -0.2) is 4.98 Å². The number of ether oxygens (including phenoxy) is 1. The predicted molar refractivity (Wildman–Crippen MR) is 133 cm³/mol. The number of pyridine rings is 1. The molecule has 0 radical (unpaired) electrons. The van der Waals surface area contributed by atoms with Gasteiger partial charge in [0.1, 0.15) is 6.10 Å². The molecule has 0 fully saturated rings. The molecule has 2 heterocycles. The number of hydrogen-bond donors (Lipinski definition) is 0. The highest BCUT2D eigenvalue weighted by Crippen LogP contribution is 2.33. The second-order valence-electron chi connectivity index (χ2n) is 8.22. The zero-order valence-electron chi connectivity index (χ0n) is 19.1. The molecule has 1 unspecified atom stereocenters. The van der Waals surface area contributed by atoms with Crippen molar-refractivity contribution in [2.24, 2.45) is 7.05 Å². The summed E-state index contributed by atoms with van der Waals surface area (Å²) in [4.78, 5) is 8.87. The first-order valence-corrected chi connectivity index (χ1v) is 11.1. The van der Waals surface area contributed by atoms with E-state index >= 15 is 0 Å². The fourth-order valence-corrected chi connectivity index (χ4v) is 4.22. The van der Waals surface area contributed by atoms with Gasteiger partial charge < -0.3 is 9.30 Å². The Balaban J connectivity index is 1.55. The molecule has 5 aromatic rings. The lowest BCUT2D eigenvalue weighted by Gasteiger charge is -2.20. The maximum atomic E-state index is 9.55. The molecule has 35 heavy (non-hydrogen) atoms. The molecule has 0 saturated heterocycles. The van der Waals surface area contributed by atoms with Gasteiger partial charge in [-0.05, 0) is 47.0 Å². The van der Waals surface area contributed by atoms with Crippen molar-refractivity contribution in [1.29, 1.82) is 10.5 Å². The Labute approximate surface area is 203 Å². The van der Waals surface area contributed by atoms with Crippen molar-refractivity contribution < 1.29 is 4.74 Å². The van der Waals surface area contributed by atoms with Crippen LogP contribution in [0.2, 0.25) is 0 Å². The van der Waals surface area contributed by atoms with E-state index in [9.17, 15) is 10.5 Å². The molecular weight excluding hydrogens is 434 g/mol. The molecule has 0 aliphatic carbocycles. The number of aromatic nitrogens is 3. The number of imidazole rings is 1. The van der Waals surface area contributed by atoms with E-state index in [0.717, 1.165) is 38.9 Å². The first-order chi connectivity index (χ1) is 17.2. The van der Waals surface area contributed by atoms with Gasteiger partial charge >= 0.3 is 0 Å². The summed E-state index contributed by atoms with van der Waals surface area (Å²) in [6.45, 7) is 0.306. The largest absolute Gasteiger partial charge is 0.362 e. The molecule has 6 heteroatoms. The van der Waals surface area contributed by atoms with Crippen LogP contribution in [0.1, 0.15) is 34.1 Å². The van der Waals surface area contributed by atoms with Crippen molar-refractivity contribution in [3.63, 3.8) is 0 Å². The molecule has 0 saturated carbocycles. The minimum absolute atomic E-state index is 0.306. The fraction of sp³-hybridized carbons (Fsp3) is 0.103. The molecule has 2 aromatic heterocycles. The Bertz CT molecular complexity index is 1580. The van der Waals surface area contributed by atoms with Crippen LogP contribution in [0.5, 0.6) is 0 Å². The summed E-state index contributed by atoms with van der Waals surface area (Å²) < 4.78 is 8.44. The molecule has 1 atom stereocenters. The van der Waals surface area contributed by atoms with Crippen LogP contribution in [-0.4, -0.2) is 14.5 Å². The summed E-state index contributed by atoms with van der Waals surface area (Å²) in [5, 5.41) is 19.8. The quantitative estimate of drug-likeness (QED) is 0.328. The zero-order valence-corrected chi connectivity index (χ0v) is 19.1. The van der Waals surface area contributed by atoms with Crippen molar-refractivity contribution in [3.8, 4) is 23.3 Å². The van der Waals surface area contributed by atoms with Gasteiger partial charge in [-0.3, -0.25) is 4.98 Å². The molecule has 0 aliphatic rings. The molecule has 0 spiro atoms. The Morgan fingerprint density at radius 3 is 2.43 bits per heavy atom. The number of hydrogen-bond acceptors (Lipinski definition) is 5. The van der Waals surface area contributed by atoms with Gasteiger partial charge in [0.15, 0.2) is 0 Å². The van der Waals surface area contributed by atoms with Gasteiger partial charge in [0.25, 0.3) is 0 Å². The topological polar surface area (TPSA) is 87.5 Å². The number of nitrogens with zero attached hydrogens (tertiary/aromatic N) is 5. The molecule has 6 nitrogen and oxygen atoms in total. The van der Waals surface area contributed by atoms with E-state index in [1.165, 1.54) is 0 Å². The van der Waals surface area contributed by atoms with E-state index in [1.54, 1.807) is 30.9 Å². The summed E-state index contributed by atoms with van der Waals surface area (Å²) in [5.74, 6) is 0. The van der Waals surface area contributed by atoms with Crippen LogP contribution in [0.4, 0.5) is 0 Å². The Morgan fingerprint density at radius 2 is 1.69 bits per heavy atom. The molecular formula is C29H21N5O. The van der Waals surface area contributed by atoms with Gasteiger partial charge in [-0.1, -0.05) is 42.5 Å². The highest BCUT2D eigenvalue weighted by atomic mass is 16.5. The van der Waals surface area contributed by atoms with Crippen molar-refractivity contribution in [2.45, 2.75) is 12.7 Å². The average molecular weight is 456 g/mol. The van der Waals surface area contributed by atoms with Crippen LogP contribution in [0, 0.1) is 22.7 Å². The number of aryl methyl sites for hydroxylation is 1. The predicted octanol–water partition coefficient (Wildman–Crippen LogP) is 5.68. The average Bonchev–Trinajstić information content (AvgIpc) is 3.34. The van der Waals surface area contributed by atoms with Gasteiger partial charge in [0.05, 0.1) is 53.6 Å². The van der Waals surface area contributed by atoms with E-state index in [-0.39, 0.29) is 6.10 Å². The fourth-order valence-electron chi connectivity index (χ4n) is 4.22. The van der Waals surface area contributed by atoms with E-state index < -0.39 is 0 Å². The summed E-state index contributed by atoms with van der Waals surface area (Å²) in [7, 11) is 1.93. The van der Waals surface area contributed by atoms with Crippen LogP contribution in [0.3, 0.4) is 0 Å². The third kappa shape index (κ3) is 4.39. The SMILES string of the molecule is Cn1cncc1C(OCc1ccc(C#N)cc1-c1cccc2cccnc12)c1ccc(C#N)cc1. The van der Waals surface area contributed by atoms with E-state index in [0.29, 0.717) is 17.7 Å². The second kappa shape index (κ2) is 9.61. The molecule has 0 amide bonds. The Hall–Kier alpha value is -4.78. The van der Waals surface area contributed by atoms with Crippen molar-refractivity contribution in [1.82, 2.24) is 14.5 Å². The molecule has 0 bridgehead atoms. The van der Waals surface area contributed by atoms with Crippen molar-refractivity contribution in [3.05, 3.63) is 119 Å². The lowest BCUT2D eigenvalue weighted by atomic mass is 9.95. The van der Waals surface area contributed by atoms with Crippen molar-refractivity contribution >= 4 is 10.9 Å². The summed E-state index contributed by atoms with van der Waals surface area (Å²) in [5.41, 5.74) is 6.68. The minimum Gasteiger partial charge on any atom is -0.362 e. The maximum absolute atomic E-state index is 9.55. The third-order valence-corrected chi connectivity index (χ3v) is 6.03. The van der Waals surface area contributed by atoms with Gasteiger partial charge in [0, 0.05) is 24.2 Å². The number of benzene rings is 3. The number of rotatable bonds is 6. The first-order valence-electron chi connectivity index (χ1n) is 11.1. The summed E-state index contributed by atoms with van der Waals surface area (Å²) >= 11 is 0. The van der Waals surface area contributed by atoms with E-state index in [1.807, 2.05) is 72.3 Å². The van der Waals surface area contributed by atoms with Crippen LogP contribution < -0.4 is 0 Å². The lowest BCUT2D eigenvalue weighted by Crippen LogP contribution is -2.11. The zero-order chi connectivity index (χ0) is 24.2. The standard InChI is InChI=1S/C29H21N5O/c1-34-19-32-17-27(34)29(23-10-7-20(15-30)8-11-23)35-18-24-12-9-21(16-31)14-26(24)25-6-2-4-22-5-3-13-33-28(22)25/h2-14,17,19,29H,18H2,1H3. The van der Waals surface area contributed by atoms with Crippen LogP contribution in [0.15, 0.2) is 91.5 Å². The van der Waals surface area contributed by atoms with Crippen molar-refractivity contribution in [2.75, 3.05) is 0 Å². The maximum Gasteiger partial charge on any atom is 0.124 e. The highest BCUT2D eigenvalue weighted by Gasteiger charge is 2.20. The molecule has 0 aliphatic heterocycles. The smallest absolute Gasteiger partial charge is 0.124 e. The highest BCUT2D eigenvalue weighted by molar-refractivity contribution is 5.94. The van der Waals surface area contributed by atoms with Gasteiger partial charge in [-0.15, -0.1) is 0 Å². The third-order valence-electron chi connectivity index (χ3n) is 6.03. The van der Waals surface area contributed by atoms with E-state index in [4.69, 9.17) is 4.74 Å².